The highest BCUT2D eigenvalue weighted by molar-refractivity contribution is 5.86. The van der Waals surface area contributed by atoms with Crippen LogP contribution in [0.25, 0.3) is 10.8 Å². The lowest BCUT2D eigenvalue weighted by atomic mass is 10.1. The van der Waals surface area contributed by atoms with E-state index >= 15 is 0 Å². The van der Waals surface area contributed by atoms with E-state index in [-0.39, 0.29) is 0 Å². The third kappa shape index (κ3) is 4.46. The predicted molar refractivity (Wildman–Crippen MR) is 92.8 cm³/mol. The molecule has 1 aliphatic heterocycles. The zero-order chi connectivity index (χ0) is 15.8. The summed E-state index contributed by atoms with van der Waals surface area (Å²) in [6.07, 6.45) is 0. The van der Waals surface area contributed by atoms with E-state index < -0.39 is 0 Å². The summed E-state index contributed by atoms with van der Waals surface area (Å²) in [4.78, 5) is 2.38. The van der Waals surface area contributed by atoms with Gasteiger partial charge >= 0.3 is 0 Å². The molecule has 1 fully saturated rings. The second-order valence-electron chi connectivity index (χ2n) is 5.26. The van der Waals surface area contributed by atoms with Crippen molar-refractivity contribution in [3.63, 3.8) is 0 Å². The first-order chi connectivity index (χ1) is 10.8. The Balaban J connectivity index is 0.000000847. The molecule has 1 heterocycles. The van der Waals surface area contributed by atoms with Crippen molar-refractivity contribution in [2.75, 3.05) is 39.5 Å². The minimum Gasteiger partial charge on any atom is -0.492 e. The number of rotatable bonds is 4. The fourth-order valence-corrected chi connectivity index (χ4v) is 2.63. The van der Waals surface area contributed by atoms with Crippen LogP contribution < -0.4 is 4.74 Å². The van der Waals surface area contributed by atoms with E-state index in [0.717, 1.165) is 45.2 Å². The maximum atomic E-state index is 5.87. The number of hydrogen-bond acceptors (Lipinski definition) is 3. The van der Waals surface area contributed by atoms with Crippen molar-refractivity contribution in [2.24, 2.45) is 0 Å². The van der Waals surface area contributed by atoms with Gasteiger partial charge in [0, 0.05) is 19.6 Å². The Morgan fingerprint density at radius 3 is 2.64 bits per heavy atom. The summed E-state index contributed by atoms with van der Waals surface area (Å²) in [7, 11) is 0. The molecule has 0 spiro atoms. The van der Waals surface area contributed by atoms with Crippen LogP contribution in [0, 0.1) is 6.92 Å². The number of benzene rings is 2. The van der Waals surface area contributed by atoms with Gasteiger partial charge in [0.2, 0.25) is 0 Å². The number of aryl methyl sites for hydroxylation is 1. The normalized spacial score (nSPS) is 15.2. The molecule has 2 aromatic rings. The van der Waals surface area contributed by atoms with Gasteiger partial charge in [-0.15, -0.1) is 0 Å². The summed E-state index contributed by atoms with van der Waals surface area (Å²) < 4.78 is 11.2. The molecular formula is C19H27NO2. The number of fused-ring (bicyclic) bond motifs is 1. The van der Waals surface area contributed by atoms with Gasteiger partial charge in [0.1, 0.15) is 12.4 Å². The molecular weight excluding hydrogens is 274 g/mol. The molecule has 0 atom stereocenters. The quantitative estimate of drug-likeness (QED) is 0.855. The van der Waals surface area contributed by atoms with Crippen molar-refractivity contribution in [2.45, 2.75) is 20.8 Å². The number of nitrogens with zero attached hydrogens (tertiary/aromatic N) is 1. The van der Waals surface area contributed by atoms with Gasteiger partial charge < -0.3 is 9.47 Å². The highest BCUT2D eigenvalue weighted by Gasteiger charge is 2.09. The first-order valence-electron chi connectivity index (χ1n) is 8.25. The van der Waals surface area contributed by atoms with Gasteiger partial charge in [0.15, 0.2) is 0 Å². The van der Waals surface area contributed by atoms with Crippen LogP contribution in [-0.4, -0.2) is 44.4 Å². The Kier molecular flexibility index (Phi) is 6.69. The van der Waals surface area contributed by atoms with Crippen LogP contribution in [0.15, 0.2) is 36.4 Å². The molecule has 0 radical (unpaired) electrons. The van der Waals surface area contributed by atoms with Crippen LogP contribution in [0.3, 0.4) is 0 Å². The van der Waals surface area contributed by atoms with Crippen molar-refractivity contribution in [1.82, 2.24) is 4.90 Å². The maximum absolute atomic E-state index is 5.87. The van der Waals surface area contributed by atoms with E-state index in [4.69, 9.17) is 9.47 Å². The Bertz CT molecular complexity index is 577. The summed E-state index contributed by atoms with van der Waals surface area (Å²) in [5, 5.41) is 2.54. The summed E-state index contributed by atoms with van der Waals surface area (Å²) in [6, 6.07) is 12.7. The largest absolute Gasteiger partial charge is 0.492 e. The molecule has 0 aromatic heterocycles. The van der Waals surface area contributed by atoms with Crippen molar-refractivity contribution >= 4 is 10.8 Å². The molecule has 0 amide bonds. The van der Waals surface area contributed by atoms with E-state index in [1.165, 1.54) is 16.3 Å². The summed E-state index contributed by atoms with van der Waals surface area (Å²) in [6.45, 7) is 11.6. The van der Waals surface area contributed by atoms with Gasteiger partial charge in [-0.3, -0.25) is 4.90 Å². The van der Waals surface area contributed by atoms with E-state index in [0.29, 0.717) is 0 Å². The van der Waals surface area contributed by atoms with Crippen molar-refractivity contribution in [1.29, 1.82) is 0 Å². The minimum absolute atomic E-state index is 0.733. The van der Waals surface area contributed by atoms with E-state index in [1.54, 1.807) is 0 Å². The summed E-state index contributed by atoms with van der Waals surface area (Å²) in [5.41, 5.74) is 1.31. The first kappa shape index (κ1) is 16.8. The van der Waals surface area contributed by atoms with Crippen LogP contribution >= 0.6 is 0 Å². The highest BCUT2D eigenvalue weighted by atomic mass is 16.5. The van der Waals surface area contributed by atoms with Crippen LogP contribution in [0.4, 0.5) is 0 Å². The molecule has 120 valence electrons. The molecule has 0 saturated carbocycles. The average Bonchev–Trinajstić information content (AvgIpc) is 2.58. The Hall–Kier alpha value is -1.58. The fraction of sp³-hybridized carbons (Fsp3) is 0.474. The summed E-state index contributed by atoms with van der Waals surface area (Å²) in [5.74, 6) is 0.955. The maximum Gasteiger partial charge on any atom is 0.120 e. The average molecular weight is 301 g/mol. The minimum atomic E-state index is 0.733. The molecule has 1 aliphatic rings. The van der Waals surface area contributed by atoms with Gasteiger partial charge in [-0.1, -0.05) is 38.1 Å². The number of morpholine rings is 1. The highest BCUT2D eigenvalue weighted by Crippen LogP contribution is 2.23. The first-order valence-corrected chi connectivity index (χ1v) is 8.25. The molecule has 3 rings (SSSR count). The predicted octanol–water partition coefficient (Wildman–Crippen LogP) is 3.89. The van der Waals surface area contributed by atoms with Crippen molar-refractivity contribution < 1.29 is 9.47 Å². The van der Waals surface area contributed by atoms with Gasteiger partial charge in [-0.05, 0) is 35.4 Å². The molecule has 0 unspecified atom stereocenters. The Morgan fingerprint density at radius 2 is 1.86 bits per heavy atom. The van der Waals surface area contributed by atoms with Crippen LogP contribution in [-0.2, 0) is 4.74 Å². The second kappa shape index (κ2) is 8.76. The SMILES string of the molecule is CC.Cc1cccc2cc(OCCN3CCOCC3)ccc12. The molecule has 2 aromatic carbocycles. The molecule has 22 heavy (non-hydrogen) atoms. The third-order valence-electron chi connectivity index (χ3n) is 3.85. The molecule has 0 N–H and O–H groups in total. The van der Waals surface area contributed by atoms with Crippen molar-refractivity contribution in [3.05, 3.63) is 42.0 Å². The number of hydrogen-bond donors (Lipinski definition) is 0. The zero-order valence-corrected chi connectivity index (χ0v) is 14.0. The van der Waals surface area contributed by atoms with E-state index in [9.17, 15) is 0 Å². The molecule has 0 aliphatic carbocycles. The Labute approximate surface area is 133 Å². The summed E-state index contributed by atoms with van der Waals surface area (Å²) >= 11 is 0. The van der Waals surface area contributed by atoms with Crippen LogP contribution in [0.1, 0.15) is 19.4 Å². The van der Waals surface area contributed by atoms with Crippen LogP contribution in [0.5, 0.6) is 5.75 Å². The van der Waals surface area contributed by atoms with Crippen molar-refractivity contribution in [3.8, 4) is 5.75 Å². The lowest BCUT2D eigenvalue weighted by Gasteiger charge is -2.26. The molecule has 3 heteroatoms. The topological polar surface area (TPSA) is 21.7 Å². The van der Waals surface area contributed by atoms with E-state index in [2.05, 4.69) is 48.2 Å². The lowest BCUT2D eigenvalue weighted by Crippen LogP contribution is -2.38. The van der Waals surface area contributed by atoms with E-state index in [1.807, 2.05) is 13.8 Å². The standard InChI is InChI=1S/C17H21NO2.C2H6/c1-14-3-2-4-15-13-16(5-6-17(14)15)20-12-9-18-7-10-19-11-8-18;1-2/h2-6,13H,7-12H2,1H3;1-2H3. The van der Waals surface area contributed by atoms with Crippen LogP contribution in [0.2, 0.25) is 0 Å². The number of ether oxygens (including phenoxy) is 2. The monoisotopic (exact) mass is 301 g/mol. The van der Waals surface area contributed by atoms with Gasteiger partial charge in [-0.2, -0.15) is 0 Å². The Morgan fingerprint density at radius 1 is 1.09 bits per heavy atom. The fourth-order valence-electron chi connectivity index (χ4n) is 2.63. The molecule has 3 nitrogen and oxygen atoms in total. The van der Waals surface area contributed by atoms with Gasteiger partial charge in [0.05, 0.1) is 13.2 Å². The second-order valence-corrected chi connectivity index (χ2v) is 5.26. The smallest absolute Gasteiger partial charge is 0.120 e. The molecule has 1 saturated heterocycles. The molecule has 0 bridgehead atoms. The van der Waals surface area contributed by atoms with Gasteiger partial charge in [0.25, 0.3) is 0 Å². The lowest BCUT2D eigenvalue weighted by molar-refractivity contribution is 0.0322. The van der Waals surface area contributed by atoms with Gasteiger partial charge in [-0.25, -0.2) is 0 Å². The third-order valence-corrected chi connectivity index (χ3v) is 3.85. The zero-order valence-electron chi connectivity index (χ0n) is 14.0.